The minimum atomic E-state index is 0.902. The normalized spacial score (nSPS) is 23.8. The van der Waals surface area contributed by atoms with Crippen molar-refractivity contribution < 1.29 is 0 Å². The van der Waals surface area contributed by atoms with E-state index in [4.69, 9.17) is 0 Å². The first-order valence-electron chi connectivity index (χ1n) is 6.48. The molecule has 1 heterocycles. The Bertz CT molecular complexity index is 502. The molecule has 1 aromatic carbocycles. The van der Waals surface area contributed by atoms with E-state index in [0.717, 1.165) is 11.8 Å². The Balaban J connectivity index is 1.77. The molecule has 2 unspecified atom stereocenters. The van der Waals surface area contributed by atoms with Crippen molar-refractivity contribution in [1.82, 2.24) is 5.32 Å². The van der Waals surface area contributed by atoms with Crippen LogP contribution in [0, 0.1) is 11.8 Å². The van der Waals surface area contributed by atoms with Crippen molar-refractivity contribution in [3.8, 4) is 0 Å². The zero-order valence-corrected chi connectivity index (χ0v) is 11.1. The molecule has 1 nitrogen and oxygen atoms in total. The minimum absolute atomic E-state index is 0.902. The van der Waals surface area contributed by atoms with Gasteiger partial charge >= 0.3 is 0 Å². The predicted octanol–water partition coefficient (Wildman–Crippen LogP) is 3.69. The van der Waals surface area contributed by atoms with Crippen molar-refractivity contribution in [2.45, 2.75) is 19.3 Å². The number of benzene rings is 1. The van der Waals surface area contributed by atoms with Crippen molar-refractivity contribution in [2.75, 3.05) is 13.6 Å². The van der Waals surface area contributed by atoms with Gasteiger partial charge in [-0.3, -0.25) is 0 Å². The fourth-order valence-electron chi connectivity index (χ4n) is 2.91. The van der Waals surface area contributed by atoms with Crippen LogP contribution in [0.4, 0.5) is 0 Å². The lowest BCUT2D eigenvalue weighted by atomic mass is 9.71. The third-order valence-corrected chi connectivity index (χ3v) is 5.10. The van der Waals surface area contributed by atoms with Crippen LogP contribution < -0.4 is 5.32 Å². The third kappa shape index (κ3) is 2.12. The van der Waals surface area contributed by atoms with Crippen LogP contribution in [0.2, 0.25) is 0 Å². The van der Waals surface area contributed by atoms with E-state index in [2.05, 4.69) is 42.0 Å². The van der Waals surface area contributed by atoms with Crippen molar-refractivity contribution >= 4 is 21.4 Å². The number of hydrogen-bond acceptors (Lipinski definition) is 2. The summed E-state index contributed by atoms with van der Waals surface area (Å²) in [5, 5.41) is 7.16. The summed E-state index contributed by atoms with van der Waals surface area (Å²) in [5.74, 6) is 1.80. The van der Waals surface area contributed by atoms with Crippen molar-refractivity contribution in [1.29, 1.82) is 0 Å². The van der Waals surface area contributed by atoms with Crippen molar-refractivity contribution in [3.05, 3.63) is 35.2 Å². The Morgan fingerprint density at radius 1 is 1.24 bits per heavy atom. The fraction of sp³-hybridized carbons (Fsp3) is 0.467. The topological polar surface area (TPSA) is 12.0 Å². The van der Waals surface area contributed by atoms with Crippen LogP contribution in [0.3, 0.4) is 0 Å². The lowest BCUT2D eigenvalue weighted by molar-refractivity contribution is 0.174. The van der Waals surface area contributed by atoms with E-state index < -0.39 is 0 Å². The summed E-state index contributed by atoms with van der Waals surface area (Å²) in [5.41, 5.74) is 1.57. The Hall–Kier alpha value is -0.860. The zero-order chi connectivity index (χ0) is 11.7. The maximum atomic E-state index is 3.32. The van der Waals surface area contributed by atoms with Crippen LogP contribution in [0.5, 0.6) is 0 Å². The summed E-state index contributed by atoms with van der Waals surface area (Å²) in [7, 11) is 2.06. The van der Waals surface area contributed by atoms with Gasteiger partial charge in [-0.1, -0.05) is 18.2 Å². The van der Waals surface area contributed by atoms with Crippen LogP contribution in [-0.4, -0.2) is 13.6 Å². The summed E-state index contributed by atoms with van der Waals surface area (Å²) in [4.78, 5) is 0. The molecule has 0 amide bonds. The number of thiophene rings is 1. The Labute approximate surface area is 107 Å². The highest BCUT2D eigenvalue weighted by Gasteiger charge is 2.30. The van der Waals surface area contributed by atoms with Crippen LogP contribution in [0.1, 0.15) is 18.4 Å². The van der Waals surface area contributed by atoms with Gasteiger partial charge in [0.05, 0.1) is 0 Å². The molecule has 0 bridgehead atoms. The molecular weight excluding hydrogens is 226 g/mol. The first kappa shape index (κ1) is 11.2. The molecule has 17 heavy (non-hydrogen) atoms. The van der Waals surface area contributed by atoms with Gasteiger partial charge in [0.15, 0.2) is 0 Å². The Morgan fingerprint density at radius 2 is 2.06 bits per heavy atom. The molecule has 1 fully saturated rings. The van der Waals surface area contributed by atoms with Gasteiger partial charge in [-0.25, -0.2) is 0 Å². The second-order valence-corrected chi connectivity index (χ2v) is 6.03. The molecule has 1 saturated carbocycles. The van der Waals surface area contributed by atoms with Crippen LogP contribution in [0.25, 0.3) is 10.1 Å². The molecular formula is C15H19NS. The first-order valence-corrected chi connectivity index (χ1v) is 7.36. The largest absolute Gasteiger partial charge is 0.319 e. The molecule has 1 N–H and O–H groups in total. The maximum absolute atomic E-state index is 3.32. The second-order valence-electron chi connectivity index (χ2n) is 5.12. The molecule has 0 radical (unpaired) electrons. The van der Waals surface area contributed by atoms with Gasteiger partial charge in [-0.15, -0.1) is 11.3 Å². The van der Waals surface area contributed by atoms with Gasteiger partial charge in [0.25, 0.3) is 0 Å². The summed E-state index contributed by atoms with van der Waals surface area (Å²) in [6.07, 6.45) is 4.10. The smallest absolute Gasteiger partial charge is 0.0345 e. The van der Waals surface area contributed by atoms with Gasteiger partial charge in [0, 0.05) is 4.70 Å². The summed E-state index contributed by atoms with van der Waals surface area (Å²) < 4.78 is 1.44. The maximum Gasteiger partial charge on any atom is 0.0345 e. The Morgan fingerprint density at radius 3 is 2.82 bits per heavy atom. The third-order valence-electron chi connectivity index (χ3n) is 4.08. The zero-order valence-electron chi connectivity index (χ0n) is 10.3. The minimum Gasteiger partial charge on any atom is -0.319 e. The molecule has 0 aliphatic heterocycles. The van der Waals surface area contributed by atoms with E-state index in [-0.39, 0.29) is 0 Å². The highest BCUT2D eigenvalue weighted by molar-refractivity contribution is 7.17. The fourth-order valence-corrected chi connectivity index (χ4v) is 3.89. The van der Waals surface area contributed by atoms with E-state index in [1.54, 1.807) is 5.56 Å². The van der Waals surface area contributed by atoms with Gasteiger partial charge in [-0.05, 0) is 67.1 Å². The second kappa shape index (κ2) is 4.79. The van der Waals surface area contributed by atoms with E-state index in [9.17, 15) is 0 Å². The van der Waals surface area contributed by atoms with Gasteiger partial charge in [-0.2, -0.15) is 0 Å². The molecule has 1 aromatic heterocycles. The van der Waals surface area contributed by atoms with E-state index in [1.807, 2.05) is 11.3 Å². The van der Waals surface area contributed by atoms with Gasteiger partial charge < -0.3 is 5.32 Å². The summed E-state index contributed by atoms with van der Waals surface area (Å²) >= 11 is 1.89. The summed E-state index contributed by atoms with van der Waals surface area (Å²) in [6, 6.07) is 8.79. The monoisotopic (exact) mass is 245 g/mol. The number of hydrogen-bond donors (Lipinski definition) is 1. The van der Waals surface area contributed by atoms with Crippen LogP contribution >= 0.6 is 11.3 Å². The SMILES string of the molecule is CNCC1CCC1Cc1csc2ccccc12. The van der Waals surface area contributed by atoms with Crippen molar-refractivity contribution in [2.24, 2.45) is 11.8 Å². The predicted molar refractivity (Wildman–Crippen MR) is 75.7 cm³/mol. The Kier molecular flexibility index (Phi) is 3.17. The number of nitrogens with one attached hydrogen (secondary N) is 1. The summed E-state index contributed by atoms with van der Waals surface area (Å²) in [6.45, 7) is 1.19. The number of fused-ring (bicyclic) bond motifs is 1. The highest BCUT2D eigenvalue weighted by atomic mass is 32.1. The number of rotatable bonds is 4. The van der Waals surface area contributed by atoms with Crippen molar-refractivity contribution in [3.63, 3.8) is 0 Å². The van der Waals surface area contributed by atoms with E-state index in [0.29, 0.717) is 0 Å². The molecule has 3 rings (SSSR count). The van der Waals surface area contributed by atoms with Crippen LogP contribution in [-0.2, 0) is 6.42 Å². The molecule has 1 aliphatic rings. The lowest BCUT2D eigenvalue weighted by Crippen LogP contribution is -2.35. The quantitative estimate of drug-likeness (QED) is 0.866. The molecule has 1 aliphatic carbocycles. The lowest BCUT2D eigenvalue weighted by Gasteiger charge is -2.36. The van der Waals surface area contributed by atoms with Gasteiger partial charge in [0.1, 0.15) is 0 Å². The van der Waals surface area contributed by atoms with Gasteiger partial charge in [0.2, 0.25) is 0 Å². The van der Waals surface area contributed by atoms with E-state index >= 15 is 0 Å². The molecule has 2 aromatic rings. The first-order chi connectivity index (χ1) is 8.38. The molecule has 0 spiro atoms. The standard InChI is InChI=1S/C15H19NS/c1-16-9-12-7-6-11(12)8-13-10-17-15-5-3-2-4-14(13)15/h2-5,10-12,16H,6-9H2,1H3. The van der Waals surface area contributed by atoms with E-state index in [1.165, 1.54) is 35.9 Å². The molecule has 90 valence electrons. The molecule has 2 heteroatoms. The molecule has 0 saturated heterocycles. The highest BCUT2D eigenvalue weighted by Crippen LogP contribution is 2.38. The molecule has 2 atom stereocenters. The van der Waals surface area contributed by atoms with Crippen LogP contribution in [0.15, 0.2) is 29.6 Å². The average molecular weight is 245 g/mol. The average Bonchev–Trinajstić information content (AvgIpc) is 2.75.